The van der Waals surface area contributed by atoms with Crippen LogP contribution in [0.5, 0.6) is 0 Å². The van der Waals surface area contributed by atoms with Crippen molar-refractivity contribution in [2.45, 2.75) is 38.8 Å². The van der Waals surface area contributed by atoms with Gasteiger partial charge < -0.3 is 0 Å². The van der Waals surface area contributed by atoms with Gasteiger partial charge in [0.25, 0.3) is 0 Å². The van der Waals surface area contributed by atoms with Crippen LogP contribution < -0.4 is 5.43 Å². The molecular formula is C22H24F2N4O2. The molecule has 8 heteroatoms. The Morgan fingerprint density at radius 2 is 2.17 bits per heavy atom. The quantitative estimate of drug-likeness (QED) is 0.833. The van der Waals surface area contributed by atoms with E-state index < -0.39 is 24.0 Å². The molecule has 1 aliphatic carbocycles. The largest absolute Gasteiger partial charge is 0.360 e. The predicted octanol–water partition coefficient (Wildman–Crippen LogP) is 3.63. The van der Waals surface area contributed by atoms with Crippen molar-refractivity contribution in [2.75, 3.05) is 6.54 Å². The first-order chi connectivity index (χ1) is 14.4. The summed E-state index contributed by atoms with van der Waals surface area (Å²) in [6, 6.07) is 5.76. The van der Waals surface area contributed by atoms with E-state index in [2.05, 4.69) is 10.5 Å². The van der Waals surface area contributed by atoms with Gasteiger partial charge in [-0.25, -0.2) is 19.0 Å². The zero-order chi connectivity index (χ0) is 21.3. The molecule has 0 spiro atoms. The monoisotopic (exact) mass is 414 g/mol. The van der Waals surface area contributed by atoms with Gasteiger partial charge in [0.05, 0.1) is 6.20 Å². The van der Waals surface area contributed by atoms with Gasteiger partial charge in [0.15, 0.2) is 0 Å². The molecule has 1 aromatic heterocycles. The Morgan fingerprint density at radius 1 is 1.33 bits per heavy atom. The summed E-state index contributed by atoms with van der Waals surface area (Å²) in [7, 11) is 0. The van der Waals surface area contributed by atoms with Crippen molar-refractivity contribution in [1.82, 2.24) is 20.2 Å². The number of carbonyl (C=O) groups excluding carboxylic acids is 2. The molecule has 2 aliphatic rings. The van der Waals surface area contributed by atoms with Crippen LogP contribution in [0.15, 0.2) is 48.4 Å². The minimum absolute atomic E-state index is 0.00340. The van der Waals surface area contributed by atoms with Crippen LogP contribution in [-0.4, -0.2) is 39.3 Å². The maximum Gasteiger partial charge on any atom is 0.360 e. The summed E-state index contributed by atoms with van der Waals surface area (Å²) in [6.45, 7) is 2.05. The van der Waals surface area contributed by atoms with Gasteiger partial charge in [0, 0.05) is 43.1 Å². The zero-order valence-corrected chi connectivity index (χ0v) is 16.7. The number of nitrogens with one attached hydrogen (secondary N) is 1. The molecule has 1 aromatic carbocycles. The second-order valence-corrected chi connectivity index (χ2v) is 7.92. The zero-order valence-electron chi connectivity index (χ0n) is 16.7. The average molecular weight is 414 g/mol. The minimum atomic E-state index is -1.11. The fourth-order valence-corrected chi connectivity index (χ4v) is 4.26. The molecule has 1 fully saturated rings. The summed E-state index contributed by atoms with van der Waals surface area (Å²) in [4.78, 5) is 25.1. The van der Waals surface area contributed by atoms with Crippen LogP contribution in [0, 0.1) is 17.7 Å². The Kier molecular flexibility index (Phi) is 5.65. The van der Waals surface area contributed by atoms with E-state index in [0.717, 1.165) is 15.8 Å². The van der Waals surface area contributed by atoms with Crippen LogP contribution in [0.2, 0.25) is 0 Å². The second kappa shape index (κ2) is 8.38. The number of rotatable bonds is 3. The number of amides is 1. The van der Waals surface area contributed by atoms with Crippen LogP contribution in [0.25, 0.3) is 0 Å². The van der Waals surface area contributed by atoms with Crippen molar-refractivity contribution in [1.29, 1.82) is 0 Å². The van der Waals surface area contributed by atoms with E-state index in [0.29, 0.717) is 31.5 Å². The van der Waals surface area contributed by atoms with Gasteiger partial charge in [-0.2, -0.15) is 9.78 Å². The third-order valence-electron chi connectivity index (χ3n) is 5.84. The molecule has 0 radical (unpaired) electrons. The van der Waals surface area contributed by atoms with Crippen molar-refractivity contribution in [3.63, 3.8) is 0 Å². The first-order valence-corrected chi connectivity index (χ1v) is 10.2. The Balaban J connectivity index is 1.48. The van der Waals surface area contributed by atoms with E-state index in [1.165, 1.54) is 12.1 Å². The van der Waals surface area contributed by atoms with Crippen molar-refractivity contribution < 1.29 is 18.4 Å². The average Bonchev–Trinajstić information content (AvgIpc) is 3.14. The van der Waals surface area contributed by atoms with Crippen LogP contribution in [-0.2, 0) is 11.2 Å². The number of carbonyl (C=O) groups is 2. The first kappa shape index (κ1) is 20.3. The van der Waals surface area contributed by atoms with Gasteiger partial charge in [-0.3, -0.25) is 9.80 Å². The lowest BCUT2D eigenvalue weighted by atomic mass is 9.80. The third-order valence-corrected chi connectivity index (χ3v) is 5.84. The highest BCUT2D eigenvalue weighted by molar-refractivity contribution is 5.82. The SMILES string of the molecule is C[C@@H]1C(=O)CCN(NC(=O)n2cc(Cc3cccc(F)c3)cn2)C2=CCC[C@H](F)[C@H]21. The number of benzene rings is 1. The predicted molar refractivity (Wildman–Crippen MR) is 107 cm³/mol. The maximum absolute atomic E-state index is 14.6. The number of hydrogen-bond donors (Lipinski definition) is 1. The molecule has 1 amide bonds. The topological polar surface area (TPSA) is 67.2 Å². The van der Waals surface area contributed by atoms with E-state index in [4.69, 9.17) is 0 Å². The molecule has 30 heavy (non-hydrogen) atoms. The summed E-state index contributed by atoms with van der Waals surface area (Å²) < 4.78 is 29.2. The molecular weight excluding hydrogens is 390 g/mol. The summed E-state index contributed by atoms with van der Waals surface area (Å²) >= 11 is 0. The highest BCUT2D eigenvalue weighted by atomic mass is 19.1. The van der Waals surface area contributed by atoms with E-state index in [-0.39, 0.29) is 18.0 Å². The fourth-order valence-electron chi connectivity index (χ4n) is 4.26. The number of hydrazine groups is 1. The number of hydrogen-bond acceptors (Lipinski definition) is 4. The van der Waals surface area contributed by atoms with Crippen LogP contribution in [0.1, 0.15) is 37.3 Å². The Bertz CT molecular complexity index is 987. The molecule has 3 atom stereocenters. The number of aromatic nitrogens is 2. The Hall–Kier alpha value is -3.03. The van der Waals surface area contributed by atoms with Gasteiger partial charge in [-0.15, -0.1) is 0 Å². The molecule has 4 rings (SSSR count). The van der Waals surface area contributed by atoms with Gasteiger partial charge in [0.1, 0.15) is 17.8 Å². The second-order valence-electron chi connectivity index (χ2n) is 7.92. The standard InChI is InChI=1S/C22H24F2N4O2/c1-14-20(29)8-9-27(19-7-3-6-18(24)21(14)19)26-22(30)28-13-16(12-25-28)10-15-4-2-5-17(23)11-15/h2,4-5,7,11-14,18,21H,3,6,8-10H2,1H3,(H,26,30)/t14-,18+,21-/m1/s1. The number of Topliss-reactive ketones (excluding diaryl/α,β-unsaturated/α-hetero) is 1. The lowest BCUT2D eigenvalue weighted by Gasteiger charge is -2.35. The number of halogens is 2. The van der Waals surface area contributed by atoms with E-state index in [1.54, 1.807) is 36.5 Å². The third kappa shape index (κ3) is 4.13. The number of ketones is 1. The lowest BCUT2D eigenvalue weighted by Crippen LogP contribution is -2.47. The summed E-state index contributed by atoms with van der Waals surface area (Å²) in [5.41, 5.74) is 4.97. The van der Waals surface area contributed by atoms with Gasteiger partial charge in [-0.05, 0) is 36.1 Å². The minimum Gasteiger partial charge on any atom is -0.299 e. The molecule has 0 bridgehead atoms. The molecule has 6 nitrogen and oxygen atoms in total. The van der Waals surface area contributed by atoms with Gasteiger partial charge >= 0.3 is 6.03 Å². The smallest absolute Gasteiger partial charge is 0.299 e. The Labute approximate surface area is 173 Å². The summed E-state index contributed by atoms with van der Waals surface area (Å²) in [6.07, 6.45) is 5.58. The number of alkyl halides is 1. The van der Waals surface area contributed by atoms with E-state index in [1.807, 2.05) is 6.08 Å². The normalized spacial score (nSPS) is 24.1. The molecule has 1 N–H and O–H groups in total. The van der Waals surface area contributed by atoms with Crippen molar-refractivity contribution in [3.05, 3.63) is 65.4 Å². The van der Waals surface area contributed by atoms with Crippen molar-refractivity contribution >= 4 is 11.8 Å². The van der Waals surface area contributed by atoms with Gasteiger partial charge in [0.2, 0.25) is 0 Å². The van der Waals surface area contributed by atoms with Crippen LogP contribution >= 0.6 is 0 Å². The first-order valence-electron chi connectivity index (χ1n) is 10.2. The molecule has 158 valence electrons. The van der Waals surface area contributed by atoms with Gasteiger partial charge in [-0.1, -0.05) is 25.1 Å². The number of fused-ring (bicyclic) bond motifs is 1. The maximum atomic E-state index is 14.6. The summed E-state index contributed by atoms with van der Waals surface area (Å²) in [5, 5.41) is 5.69. The highest BCUT2D eigenvalue weighted by Gasteiger charge is 2.40. The van der Waals surface area contributed by atoms with Crippen LogP contribution in [0.3, 0.4) is 0 Å². The van der Waals surface area contributed by atoms with E-state index >= 15 is 0 Å². The van der Waals surface area contributed by atoms with Crippen molar-refractivity contribution in [2.24, 2.45) is 11.8 Å². The molecule has 1 aliphatic heterocycles. The molecule has 0 unspecified atom stereocenters. The molecule has 2 heterocycles. The fraction of sp³-hybridized carbons (Fsp3) is 0.409. The number of allylic oxidation sites excluding steroid dienone is 2. The molecule has 0 saturated carbocycles. The number of nitrogens with zero attached hydrogens (tertiary/aromatic N) is 3. The molecule has 1 saturated heterocycles. The highest BCUT2D eigenvalue weighted by Crippen LogP contribution is 2.37. The lowest BCUT2D eigenvalue weighted by molar-refractivity contribution is -0.123. The summed E-state index contributed by atoms with van der Waals surface area (Å²) in [5.74, 6) is -1.28. The van der Waals surface area contributed by atoms with E-state index in [9.17, 15) is 18.4 Å². The van der Waals surface area contributed by atoms with Crippen molar-refractivity contribution in [3.8, 4) is 0 Å². The van der Waals surface area contributed by atoms with Crippen LogP contribution in [0.4, 0.5) is 13.6 Å². The molecule has 2 aromatic rings. The Morgan fingerprint density at radius 3 is 2.97 bits per heavy atom.